The van der Waals surface area contributed by atoms with E-state index in [0.717, 1.165) is 60.2 Å². The first-order valence-electron chi connectivity index (χ1n) is 12.3. The SMILES string of the molecule is C=CCCN(CC)c1cc(-c2cc(-c3cccc(C(F)(F)F)c3)cnc2C)cnc1CC1CCC1. The van der Waals surface area contributed by atoms with Crippen LogP contribution in [0.25, 0.3) is 22.3 Å². The average molecular weight is 480 g/mol. The summed E-state index contributed by atoms with van der Waals surface area (Å²) in [7, 11) is 0. The molecule has 0 atom stereocenters. The number of aromatic nitrogens is 2. The van der Waals surface area contributed by atoms with Crippen molar-refractivity contribution in [2.24, 2.45) is 5.92 Å². The maximum atomic E-state index is 13.3. The third kappa shape index (κ3) is 5.75. The van der Waals surface area contributed by atoms with Gasteiger partial charge in [-0.2, -0.15) is 13.2 Å². The normalized spacial score (nSPS) is 14.0. The molecule has 4 rings (SSSR count). The predicted molar refractivity (Wildman–Crippen MR) is 136 cm³/mol. The Hall–Kier alpha value is -3.15. The maximum Gasteiger partial charge on any atom is 0.416 e. The summed E-state index contributed by atoms with van der Waals surface area (Å²) in [6.07, 6.45) is 6.72. The molecule has 2 heterocycles. The summed E-state index contributed by atoms with van der Waals surface area (Å²) >= 11 is 0. The smallest absolute Gasteiger partial charge is 0.370 e. The van der Waals surface area contributed by atoms with Gasteiger partial charge in [0.25, 0.3) is 0 Å². The van der Waals surface area contributed by atoms with E-state index in [1.807, 2.05) is 25.3 Å². The van der Waals surface area contributed by atoms with Crippen molar-refractivity contribution in [3.8, 4) is 22.3 Å². The molecule has 0 radical (unpaired) electrons. The monoisotopic (exact) mass is 479 g/mol. The van der Waals surface area contributed by atoms with Gasteiger partial charge in [0.05, 0.1) is 16.9 Å². The number of hydrogen-bond donors (Lipinski definition) is 0. The van der Waals surface area contributed by atoms with Crippen LogP contribution in [0.5, 0.6) is 0 Å². The summed E-state index contributed by atoms with van der Waals surface area (Å²) in [5, 5.41) is 0. The number of aryl methyl sites for hydroxylation is 1. The van der Waals surface area contributed by atoms with Crippen LogP contribution in [0, 0.1) is 12.8 Å². The van der Waals surface area contributed by atoms with Gasteiger partial charge < -0.3 is 4.90 Å². The van der Waals surface area contributed by atoms with E-state index in [4.69, 9.17) is 4.98 Å². The lowest BCUT2D eigenvalue weighted by Crippen LogP contribution is -2.26. The minimum atomic E-state index is -4.39. The Bertz CT molecular complexity index is 1180. The number of anilines is 1. The molecule has 0 N–H and O–H groups in total. The number of rotatable bonds is 9. The summed E-state index contributed by atoms with van der Waals surface area (Å²) in [4.78, 5) is 11.8. The minimum Gasteiger partial charge on any atom is -0.370 e. The summed E-state index contributed by atoms with van der Waals surface area (Å²) < 4.78 is 39.8. The van der Waals surface area contributed by atoms with Crippen LogP contribution in [0.4, 0.5) is 18.9 Å². The fraction of sp³-hybridized carbons (Fsp3) is 0.379. The third-order valence-corrected chi connectivity index (χ3v) is 6.90. The molecule has 184 valence electrons. The number of benzene rings is 1. The van der Waals surface area contributed by atoms with Crippen molar-refractivity contribution >= 4 is 5.69 Å². The molecule has 3 aromatic rings. The molecular formula is C29H32F3N3. The van der Waals surface area contributed by atoms with Crippen molar-refractivity contribution < 1.29 is 13.2 Å². The van der Waals surface area contributed by atoms with E-state index < -0.39 is 11.7 Å². The molecule has 3 nitrogen and oxygen atoms in total. The molecule has 2 aromatic heterocycles. The molecule has 0 saturated heterocycles. The summed E-state index contributed by atoms with van der Waals surface area (Å²) in [5.74, 6) is 0.692. The number of alkyl halides is 3. The second-order valence-electron chi connectivity index (χ2n) is 9.28. The molecule has 6 heteroatoms. The Morgan fingerprint density at radius 1 is 1.06 bits per heavy atom. The first-order valence-corrected chi connectivity index (χ1v) is 12.3. The van der Waals surface area contributed by atoms with Gasteiger partial charge in [-0.05, 0) is 62.4 Å². The van der Waals surface area contributed by atoms with Gasteiger partial charge >= 0.3 is 6.18 Å². The second kappa shape index (κ2) is 10.6. The minimum absolute atomic E-state index is 0.490. The molecule has 35 heavy (non-hydrogen) atoms. The van der Waals surface area contributed by atoms with Gasteiger partial charge in [0, 0.05) is 47.9 Å². The zero-order valence-electron chi connectivity index (χ0n) is 20.4. The number of hydrogen-bond acceptors (Lipinski definition) is 3. The van der Waals surface area contributed by atoms with Gasteiger partial charge in [-0.3, -0.25) is 9.97 Å². The Balaban J connectivity index is 1.75. The van der Waals surface area contributed by atoms with Crippen LogP contribution in [0.3, 0.4) is 0 Å². The predicted octanol–water partition coefficient (Wildman–Crippen LogP) is 7.88. The van der Waals surface area contributed by atoms with E-state index >= 15 is 0 Å². The number of halogens is 3. The first-order chi connectivity index (χ1) is 16.8. The van der Waals surface area contributed by atoms with Crippen LogP contribution >= 0.6 is 0 Å². The maximum absolute atomic E-state index is 13.3. The van der Waals surface area contributed by atoms with E-state index in [1.165, 1.54) is 31.4 Å². The molecular weight excluding hydrogens is 447 g/mol. The molecule has 1 aliphatic rings. The highest BCUT2D eigenvalue weighted by molar-refractivity contribution is 5.76. The number of nitrogens with zero attached hydrogens (tertiary/aromatic N) is 3. The fourth-order valence-electron chi connectivity index (χ4n) is 4.58. The molecule has 1 aromatic carbocycles. The van der Waals surface area contributed by atoms with Crippen LogP contribution in [0.1, 0.15) is 49.6 Å². The van der Waals surface area contributed by atoms with E-state index in [-0.39, 0.29) is 0 Å². The molecule has 0 bridgehead atoms. The van der Waals surface area contributed by atoms with Crippen molar-refractivity contribution in [1.82, 2.24) is 9.97 Å². The van der Waals surface area contributed by atoms with Gasteiger partial charge in [0.1, 0.15) is 0 Å². The average Bonchev–Trinajstić information content (AvgIpc) is 2.82. The molecule has 1 aliphatic carbocycles. The molecule has 1 fully saturated rings. The van der Waals surface area contributed by atoms with Crippen LogP contribution in [0.15, 0.2) is 61.4 Å². The van der Waals surface area contributed by atoms with Crippen molar-refractivity contribution in [1.29, 1.82) is 0 Å². The molecule has 0 amide bonds. The van der Waals surface area contributed by atoms with Crippen molar-refractivity contribution in [3.05, 3.63) is 78.4 Å². The lowest BCUT2D eigenvalue weighted by Gasteiger charge is -2.29. The lowest BCUT2D eigenvalue weighted by molar-refractivity contribution is -0.137. The molecule has 0 aliphatic heterocycles. The van der Waals surface area contributed by atoms with Crippen molar-refractivity contribution in [3.63, 3.8) is 0 Å². The van der Waals surface area contributed by atoms with Gasteiger partial charge in [-0.1, -0.05) is 37.5 Å². The summed E-state index contributed by atoms with van der Waals surface area (Å²) in [6.45, 7) is 9.66. The Kier molecular flexibility index (Phi) is 7.58. The highest BCUT2D eigenvalue weighted by Gasteiger charge is 2.30. The largest absolute Gasteiger partial charge is 0.416 e. The first kappa shape index (κ1) is 25.0. The van der Waals surface area contributed by atoms with E-state index in [2.05, 4.69) is 29.5 Å². The lowest BCUT2D eigenvalue weighted by atomic mass is 9.81. The Labute approximate surface area is 205 Å². The Morgan fingerprint density at radius 2 is 1.83 bits per heavy atom. The van der Waals surface area contributed by atoms with Crippen LogP contribution in [-0.2, 0) is 12.6 Å². The second-order valence-corrected chi connectivity index (χ2v) is 9.28. The zero-order chi connectivity index (χ0) is 25.0. The standard InChI is InChI=1S/C29H32F3N3/c1-4-6-13-35(5-2)28-17-24(19-34-27(28)14-21-9-7-10-21)26-16-23(18-33-20(26)3)22-11-8-12-25(15-22)29(30,31)32/h4,8,11-12,15-19,21H,1,5-7,9-10,13-14H2,2-3H3. The van der Waals surface area contributed by atoms with Crippen molar-refractivity contribution in [2.75, 3.05) is 18.0 Å². The molecule has 0 spiro atoms. The highest BCUT2D eigenvalue weighted by atomic mass is 19.4. The van der Waals surface area contributed by atoms with Gasteiger partial charge in [0.15, 0.2) is 0 Å². The number of pyridine rings is 2. The van der Waals surface area contributed by atoms with Crippen LogP contribution in [-0.4, -0.2) is 23.1 Å². The van der Waals surface area contributed by atoms with Gasteiger partial charge in [0.2, 0.25) is 0 Å². The summed E-state index contributed by atoms with van der Waals surface area (Å²) in [5.41, 5.74) is 5.33. The summed E-state index contributed by atoms with van der Waals surface area (Å²) in [6, 6.07) is 9.48. The van der Waals surface area contributed by atoms with Crippen molar-refractivity contribution in [2.45, 2.75) is 52.1 Å². The van der Waals surface area contributed by atoms with Crippen LogP contribution < -0.4 is 4.90 Å². The van der Waals surface area contributed by atoms with E-state index in [1.54, 1.807) is 12.3 Å². The quantitative estimate of drug-likeness (QED) is 0.292. The van der Waals surface area contributed by atoms with Gasteiger partial charge in [-0.15, -0.1) is 6.58 Å². The topological polar surface area (TPSA) is 29.0 Å². The zero-order valence-corrected chi connectivity index (χ0v) is 20.4. The fourth-order valence-corrected chi connectivity index (χ4v) is 4.58. The molecule has 1 saturated carbocycles. The highest BCUT2D eigenvalue weighted by Crippen LogP contribution is 2.36. The van der Waals surface area contributed by atoms with Crippen LogP contribution in [0.2, 0.25) is 0 Å². The van der Waals surface area contributed by atoms with E-state index in [0.29, 0.717) is 17.0 Å². The Morgan fingerprint density at radius 3 is 2.49 bits per heavy atom. The molecule has 0 unspecified atom stereocenters. The van der Waals surface area contributed by atoms with Gasteiger partial charge in [-0.25, -0.2) is 0 Å². The van der Waals surface area contributed by atoms with E-state index in [9.17, 15) is 13.2 Å². The third-order valence-electron chi connectivity index (χ3n) is 6.90.